The number of aryl methyl sites for hydroxylation is 2. The summed E-state index contributed by atoms with van der Waals surface area (Å²) >= 11 is 1.53. The lowest BCUT2D eigenvalue weighted by Gasteiger charge is -2.15. The maximum absolute atomic E-state index is 12.6. The van der Waals surface area contributed by atoms with Gasteiger partial charge in [-0.1, -0.05) is 18.2 Å². The molecule has 0 radical (unpaired) electrons. The van der Waals surface area contributed by atoms with Crippen molar-refractivity contribution >= 4 is 49.2 Å². The summed E-state index contributed by atoms with van der Waals surface area (Å²) < 4.78 is 26.9. The number of anilines is 2. The van der Waals surface area contributed by atoms with E-state index in [1.807, 2.05) is 23.6 Å². The number of halogens is 1. The SMILES string of the molecule is Br.Cc1ccc(Nc2nc(-c3ccc(S(=O)(=O)N4CCCC4)cc3)cs2)cc1C. The van der Waals surface area contributed by atoms with Crippen LogP contribution >= 0.6 is 28.3 Å². The molecule has 0 bridgehead atoms. The van der Waals surface area contributed by atoms with Gasteiger partial charge >= 0.3 is 0 Å². The van der Waals surface area contributed by atoms with Gasteiger partial charge in [-0.25, -0.2) is 13.4 Å². The van der Waals surface area contributed by atoms with Crippen LogP contribution in [0.4, 0.5) is 10.8 Å². The van der Waals surface area contributed by atoms with Crippen molar-refractivity contribution < 1.29 is 8.42 Å². The average molecular weight is 494 g/mol. The first kappa shape index (κ1) is 22.0. The second-order valence-electron chi connectivity index (χ2n) is 7.10. The van der Waals surface area contributed by atoms with E-state index in [4.69, 9.17) is 0 Å². The maximum atomic E-state index is 12.6. The fraction of sp³-hybridized carbons (Fsp3) is 0.286. The van der Waals surface area contributed by atoms with Crippen molar-refractivity contribution in [3.63, 3.8) is 0 Å². The van der Waals surface area contributed by atoms with Crippen LogP contribution in [0.3, 0.4) is 0 Å². The molecule has 2 heterocycles. The summed E-state index contributed by atoms with van der Waals surface area (Å²) in [6.07, 6.45) is 1.87. The number of nitrogens with zero attached hydrogens (tertiary/aromatic N) is 2. The lowest BCUT2D eigenvalue weighted by atomic mass is 10.1. The fourth-order valence-electron chi connectivity index (χ4n) is 3.28. The fourth-order valence-corrected chi connectivity index (χ4v) is 5.54. The Morgan fingerprint density at radius 2 is 1.69 bits per heavy atom. The Labute approximate surface area is 186 Å². The van der Waals surface area contributed by atoms with Crippen LogP contribution in [0, 0.1) is 13.8 Å². The predicted octanol–water partition coefficient (Wildman–Crippen LogP) is 5.53. The lowest BCUT2D eigenvalue weighted by molar-refractivity contribution is 0.477. The van der Waals surface area contributed by atoms with Crippen molar-refractivity contribution in [2.24, 2.45) is 0 Å². The van der Waals surface area contributed by atoms with Gasteiger partial charge < -0.3 is 5.32 Å². The van der Waals surface area contributed by atoms with E-state index in [1.165, 1.54) is 22.5 Å². The molecule has 8 heteroatoms. The van der Waals surface area contributed by atoms with Crippen molar-refractivity contribution in [2.45, 2.75) is 31.6 Å². The molecule has 29 heavy (non-hydrogen) atoms. The average Bonchev–Trinajstić information content (AvgIpc) is 3.37. The molecule has 0 atom stereocenters. The van der Waals surface area contributed by atoms with E-state index in [0.29, 0.717) is 18.0 Å². The van der Waals surface area contributed by atoms with Crippen LogP contribution in [0.5, 0.6) is 0 Å². The standard InChI is InChI=1S/C21H23N3O2S2.BrH/c1-15-5-8-18(13-16(15)2)22-21-23-20(14-27-21)17-6-9-19(10-7-17)28(25,26)24-11-3-4-12-24;/h5-10,13-14H,3-4,11-12H2,1-2H3,(H,22,23);1H. The number of nitrogens with one attached hydrogen (secondary N) is 1. The molecule has 0 spiro atoms. The van der Waals surface area contributed by atoms with Gasteiger partial charge in [-0.2, -0.15) is 4.31 Å². The third-order valence-corrected chi connectivity index (χ3v) is 7.79. The predicted molar refractivity (Wildman–Crippen MR) is 125 cm³/mol. The third-order valence-electron chi connectivity index (χ3n) is 5.12. The van der Waals surface area contributed by atoms with E-state index in [0.717, 1.165) is 34.9 Å². The quantitative estimate of drug-likeness (QED) is 0.507. The molecule has 1 saturated heterocycles. The van der Waals surface area contributed by atoms with E-state index in [-0.39, 0.29) is 17.0 Å². The third kappa shape index (κ3) is 4.71. The first-order valence-electron chi connectivity index (χ1n) is 9.34. The number of sulfonamides is 1. The number of hydrogen-bond donors (Lipinski definition) is 1. The smallest absolute Gasteiger partial charge is 0.243 e. The molecule has 1 N–H and O–H groups in total. The molecule has 154 valence electrons. The van der Waals surface area contributed by atoms with E-state index >= 15 is 0 Å². The molecule has 5 nitrogen and oxygen atoms in total. The number of thiazole rings is 1. The highest BCUT2D eigenvalue weighted by molar-refractivity contribution is 8.93. The monoisotopic (exact) mass is 493 g/mol. The van der Waals surface area contributed by atoms with Gasteiger partial charge in [0.05, 0.1) is 10.6 Å². The first-order chi connectivity index (χ1) is 13.4. The van der Waals surface area contributed by atoms with Crippen LogP contribution in [0.25, 0.3) is 11.3 Å². The highest BCUT2D eigenvalue weighted by atomic mass is 79.9. The Hall–Kier alpha value is -1.74. The minimum absolute atomic E-state index is 0. The molecule has 1 aliphatic rings. The molecule has 2 aromatic carbocycles. The van der Waals surface area contributed by atoms with Crippen LogP contribution in [0.15, 0.2) is 52.7 Å². The van der Waals surface area contributed by atoms with Crippen molar-refractivity contribution in [2.75, 3.05) is 18.4 Å². The summed E-state index contributed by atoms with van der Waals surface area (Å²) in [5.74, 6) is 0. The molecule has 1 aliphatic heterocycles. The molecular weight excluding hydrogens is 470 g/mol. The van der Waals surface area contributed by atoms with Crippen molar-refractivity contribution in [1.29, 1.82) is 0 Å². The topological polar surface area (TPSA) is 62.3 Å². The first-order valence-corrected chi connectivity index (χ1v) is 11.7. The Morgan fingerprint density at radius 1 is 1.00 bits per heavy atom. The highest BCUT2D eigenvalue weighted by Crippen LogP contribution is 2.29. The molecule has 1 fully saturated rings. The second-order valence-corrected chi connectivity index (χ2v) is 9.89. The number of rotatable bonds is 5. The number of hydrogen-bond acceptors (Lipinski definition) is 5. The molecular formula is C21H24BrN3O2S2. The molecule has 0 aliphatic carbocycles. The summed E-state index contributed by atoms with van der Waals surface area (Å²) in [6, 6.07) is 13.3. The summed E-state index contributed by atoms with van der Waals surface area (Å²) in [4.78, 5) is 4.99. The number of aromatic nitrogens is 1. The van der Waals surface area contributed by atoms with Crippen LogP contribution < -0.4 is 5.32 Å². The Morgan fingerprint density at radius 3 is 2.34 bits per heavy atom. The van der Waals surface area contributed by atoms with Crippen molar-refractivity contribution in [3.05, 3.63) is 59.0 Å². The van der Waals surface area contributed by atoms with E-state index in [1.54, 1.807) is 16.4 Å². The van der Waals surface area contributed by atoms with Gasteiger partial charge in [-0.15, -0.1) is 28.3 Å². The normalized spacial score (nSPS) is 14.6. The summed E-state index contributed by atoms with van der Waals surface area (Å²) in [5, 5.41) is 6.13. The van der Waals surface area contributed by atoms with E-state index < -0.39 is 10.0 Å². The van der Waals surface area contributed by atoms with Gasteiger partial charge in [0, 0.05) is 29.7 Å². The molecule has 4 rings (SSSR count). The molecule has 0 amide bonds. The maximum Gasteiger partial charge on any atom is 0.243 e. The molecule has 0 saturated carbocycles. The van der Waals surface area contributed by atoms with Crippen molar-refractivity contribution in [1.82, 2.24) is 9.29 Å². The second kappa shape index (κ2) is 8.95. The van der Waals surface area contributed by atoms with Gasteiger partial charge in [0.1, 0.15) is 0 Å². The van der Waals surface area contributed by atoms with Gasteiger partial charge in [0.15, 0.2) is 5.13 Å². The van der Waals surface area contributed by atoms with Crippen LogP contribution in [0.1, 0.15) is 24.0 Å². The summed E-state index contributed by atoms with van der Waals surface area (Å²) in [5.41, 5.74) is 5.24. The largest absolute Gasteiger partial charge is 0.332 e. The minimum Gasteiger partial charge on any atom is -0.332 e. The number of benzene rings is 2. The lowest BCUT2D eigenvalue weighted by Crippen LogP contribution is -2.27. The van der Waals surface area contributed by atoms with Crippen molar-refractivity contribution in [3.8, 4) is 11.3 Å². The minimum atomic E-state index is -3.38. The van der Waals surface area contributed by atoms with Gasteiger partial charge in [-0.05, 0) is 62.1 Å². The Bertz CT molecular complexity index is 1090. The van der Waals surface area contributed by atoms with Gasteiger partial charge in [-0.3, -0.25) is 0 Å². The summed E-state index contributed by atoms with van der Waals surface area (Å²) in [7, 11) is -3.38. The summed E-state index contributed by atoms with van der Waals surface area (Å²) in [6.45, 7) is 5.41. The molecule has 0 unspecified atom stereocenters. The zero-order chi connectivity index (χ0) is 19.7. The van der Waals surface area contributed by atoms with Gasteiger partial charge in [0.2, 0.25) is 10.0 Å². The van der Waals surface area contributed by atoms with Crippen LogP contribution in [-0.2, 0) is 10.0 Å². The molecule has 3 aromatic rings. The molecule has 1 aromatic heterocycles. The van der Waals surface area contributed by atoms with Crippen LogP contribution in [-0.4, -0.2) is 30.8 Å². The zero-order valence-corrected chi connectivity index (χ0v) is 19.7. The van der Waals surface area contributed by atoms with Gasteiger partial charge in [0.25, 0.3) is 0 Å². The van der Waals surface area contributed by atoms with Crippen LogP contribution in [0.2, 0.25) is 0 Å². The Kier molecular flexibility index (Phi) is 6.78. The Balaban J connectivity index is 0.00000240. The zero-order valence-electron chi connectivity index (χ0n) is 16.4. The highest BCUT2D eigenvalue weighted by Gasteiger charge is 2.27. The van der Waals surface area contributed by atoms with E-state index in [9.17, 15) is 8.42 Å². The van der Waals surface area contributed by atoms with E-state index in [2.05, 4.69) is 36.3 Å².